The second-order valence-corrected chi connectivity index (χ2v) is 10.1. The number of imidazole rings is 1. The Kier molecular flexibility index (Phi) is 7.30. The van der Waals surface area contributed by atoms with Crippen LogP contribution in [0, 0.1) is 11.6 Å². The van der Waals surface area contributed by atoms with Crippen LogP contribution in [0.25, 0.3) is 16.7 Å². The average Bonchev–Trinajstić information content (AvgIpc) is 3.69. The van der Waals surface area contributed by atoms with Crippen LogP contribution in [0.15, 0.2) is 48.5 Å². The monoisotopic (exact) mass is 617 g/mol. The van der Waals surface area contributed by atoms with Crippen LogP contribution in [-0.2, 0) is 14.3 Å². The summed E-state index contributed by atoms with van der Waals surface area (Å²) >= 11 is 0. The van der Waals surface area contributed by atoms with Crippen molar-refractivity contribution in [3.63, 3.8) is 0 Å². The van der Waals surface area contributed by atoms with E-state index < -0.39 is 35.7 Å². The van der Waals surface area contributed by atoms with E-state index in [0.29, 0.717) is 10.5 Å². The largest absolute Gasteiger partial charge is 0.493 e. The first kappa shape index (κ1) is 29.2. The number of halogens is 5. The lowest BCUT2D eigenvalue weighted by Gasteiger charge is -2.29. The van der Waals surface area contributed by atoms with Gasteiger partial charge in [0.05, 0.1) is 49.5 Å². The number of amides is 1. The maximum absolute atomic E-state index is 14.3. The Morgan fingerprint density at radius 2 is 1.82 bits per heavy atom. The third-order valence-corrected chi connectivity index (χ3v) is 7.52. The number of aromatic nitrogens is 2. The number of carbonyl (C=O) groups excluding carboxylic acids is 2. The zero-order valence-electron chi connectivity index (χ0n) is 23.3. The van der Waals surface area contributed by atoms with Crippen LogP contribution < -0.4 is 19.1 Å². The Balaban J connectivity index is 1.45. The highest BCUT2D eigenvalue weighted by atomic mass is 19.4. The number of benzene rings is 3. The first-order chi connectivity index (χ1) is 21.0. The number of rotatable bonds is 7. The number of esters is 1. The summed E-state index contributed by atoms with van der Waals surface area (Å²) < 4.78 is 93.6. The number of nitrogens with zero attached hydrogens (tertiary/aromatic N) is 3. The fourth-order valence-corrected chi connectivity index (χ4v) is 5.56. The molecule has 3 heterocycles. The van der Waals surface area contributed by atoms with Crippen LogP contribution in [0.3, 0.4) is 0 Å². The topological polar surface area (TPSA) is 92.1 Å². The molecule has 0 saturated carbocycles. The van der Waals surface area contributed by atoms with Crippen LogP contribution >= 0.6 is 0 Å². The fraction of sp³-hybridized carbons (Fsp3) is 0.300. The van der Waals surface area contributed by atoms with Gasteiger partial charge in [-0.2, -0.15) is 18.2 Å². The molecule has 2 atom stereocenters. The normalized spacial score (nSPS) is 17.1. The first-order valence-corrected chi connectivity index (χ1v) is 13.5. The van der Waals surface area contributed by atoms with E-state index in [1.54, 1.807) is 13.0 Å². The van der Waals surface area contributed by atoms with Gasteiger partial charge < -0.3 is 18.9 Å². The summed E-state index contributed by atoms with van der Waals surface area (Å²) in [5.41, 5.74) is 1.19. The van der Waals surface area contributed by atoms with Crippen LogP contribution in [0.4, 0.5) is 27.6 Å². The lowest BCUT2D eigenvalue weighted by Crippen LogP contribution is -2.44. The predicted octanol–water partition coefficient (Wildman–Crippen LogP) is 5.77. The molecule has 0 radical (unpaired) electrons. The van der Waals surface area contributed by atoms with Crippen molar-refractivity contribution in [1.82, 2.24) is 9.55 Å². The van der Waals surface area contributed by atoms with Crippen LogP contribution in [0.5, 0.6) is 17.5 Å². The number of methoxy groups -OCH3 is 1. The van der Waals surface area contributed by atoms with Crippen LogP contribution in [-0.4, -0.2) is 54.5 Å². The van der Waals surface area contributed by atoms with Gasteiger partial charge in [-0.1, -0.05) is 18.2 Å². The quantitative estimate of drug-likeness (QED) is 0.192. The number of fused-ring (bicyclic) bond motifs is 3. The molecular weight excluding hydrogens is 593 g/mol. The van der Waals surface area contributed by atoms with E-state index in [9.17, 15) is 31.5 Å². The van der Waals surface area contributed by atoms with Crippen molar-refractivity contribution in [2.75, 3.05) is 31.8 Å². The third kappa shape index (κ3) is 4.93. The number of ether oxygens (including phenoxy) is 4. The van der Waals surface area contributed by atoms with Crippen molar-refractivity contribution in [3.8, 4) is 23.2 Å². The summed E-state index contributed by atoms with van der Waals surface area (Å²) in [4.78, 5) is 29.6. The molecule has 9 nitrogen and oxygen atoms in total. The van der Waals surface area contributed by atoms with Crippen molar-refractivity contribution in [2.24, 2.45) is 0 Å². The molecule has 1 amide bonds. The average molecular weight is 618 g/mol. The summed E-state index contributed by atoms with van der Waals surface area (Å²) in [5.74, 6) is -4.86. The minimum atomic E-state index is -5.24. The van der Waals surface area contributed by atoms with Gasteiger partial charge in [-0.3, -0.25) is 19.1 Å². The van der Waals surface area contributed by atoms with Gasteiger partial charge in [0.2, 0.25) is 0 Å². The minimum absolute atomic E-state index is 0.0177. The highest BCUT2D eigenvalue weighted by Gasteiger charge is 2.48. The zero-order chi connectivity index (χ0) is 31.3. The van der Waals surface area contributed by atoms with Gasteiger partial charge in [0.25, 0.3) is 0 Å². The molecule has 4 aromatic rings. The molecule has 2 aliphatic rings. The molecule has 230 valence electrons. The van der Waals surface area contributed by atoms with Gasteiger partial charge in [-0.25, -0.2) is 8.78 Å². The van der Waals surface area contributed by atoms with E-state index >= 15 is 0 Å². The molecule has 0 aliphatic carbocycles. The maximum Gasteiger partial charge on any atom is 0.471 e. The van der Waals surface area contributed by atoms with E-state index in [1.807, 2.05) is 0 Å². The summed E-state index contributed by atoms with van der Waals surface area (Å²) in [6.45, 7) is 1.61. The van der Waals surface area contributed by atoms with Gasteiger partial charge in [0, 0.05) is 40.9 Å². The second kappa shape index (κ2) is 11.0. The first-order valence-electron chi connectivity index (χ1n) is 13.5. The second-order valence-electron chi connectivity index (χ2n) is 10.1. The maximum atomic E-state index is 14.3. The number of carbonyl (C=O) groups is 2. The van der Waals surface area contributed by atoms with Crippen molar-refractivity contribution in [1.29, 1.82) is 0 Å². The van der Waals surface area contributed by atoms with Crippen molar-refractivity contribution in [3.05, 3.63) is 71.3 Å². The SMILES string of the molecule is CCOc1nc2cc(F)c(F)cc2n1-c1cccc2c1OC[C@H]2N(C(=O)C(F)(F)F)c1ccc2c(c1)OC[C@H]2CC(=O)OC. The number of hydrogen-bond acceptors (Lipinski definition) is 7. The molecule has 0 unspecified atom stereocenters. The highest BCUT2D eigenvalue weighted by Crippen LogP contribution is 2.46. The molecule has 14 heteroatoms. The summed E-state index contributed by atoms with van der Waals surface area (Å²) in [5, 5.41) is 0. The predicted molar refractivity (Wildman–Crippen MR) is 145 cm³/mol. The molecular formula is C30H24F5N3O6. The molecule has 3 aromatic carbocycles. The van der Waals surface area contributed by atoms with Gasteiger partial charge in [-0.15, -0.1) is 0 Å². The van der Waals surface area contributed by atoms with E-state index in [-0.39, 0.29) is 77.6 Å². The molecule has 0 fully saturated rings. The lowest BCUT2D eigenvalue weighted by molar-refractivity contribution is -0.171. The van der Waals surface area contributed by atoms with Gasteiger partial charge in [0.1, 0.15) is 18.1 Å². The lowest BCUT2D eigenvalue weighted by atomic mass is 9.97. The number of alkyl halides is 3. The van der Waals surface area contributed by atoms with Crippen LogP contribution in [0.2, 0.25) is 0 Å². The van der Waals surface area contributed by atoms with Crippen molar-refractivity contribution in [2.45, 2.75) is 31.5 Å². The Labute approximate surface area is 246 Å². The fourth-order valence-electron chi connectivity index (χ4n) is 5.56. The molecule has 44 heavy (non-hydrogen) atoms. The van der Waals surface area contributed by atoms with Gasteiger partial charge in [-0.05, 0) is 19.1 Å². The van der Waals surface area contributed by atoms with Gasteiger partial charge in [0.15, 0.2) is 11.6 Å². The molecule has 6 rings (SSSR count). The zero-order valence-corrected chi connectivity index (χ0v) is 23.3. The van der Waals surface area contributed by atoms with Gasteiger partial charge >= 0.3 is 24.1 Å². The molecule has 0 N–H and O–H groups in total. The van der Waals surface area contributed by atoms with Crippen molar-refractivity contribution >= 4 is 28.6 Å². The smallest absolute Gasteiger partial charge is 0.471 e. The van der Waals surface area contributed by atoms with E-state index in [0.717, 1.165) is 12.1 Å². The highest BCUT2D eigenvalue weighted by molar-refractivity contribution is 5.98. The Bertz CT molecular complexity index is 1790. The Morgan fingerprint density at radius 3 is 2.55 bits per heavy atom. The summed E-state index contributed by atoms with van der Waals surface area (Å²) in [6.07, 6.45) is -5.22. The minimum Gasteiger partial charge on any atom is -0.493 e. The molecule has 0 saturated heterocycles. The number of para-hydroxylation sites is 1. The van der Waals surface area contributed by atoms with E-state index in [1.165, 1.54) is 42.0 Å². The number of hydrogen-bond donors (Lipinski definition) is 0. The molecule has 0 bridgehead atoms. The van der Waals surface area contributed by atoms with E-state index in [2.05, 4.69) is 4.98 Å². The third-order valence-electron chi connectivity index (χ3n) is 7.52. The van der Waals surface area contributed by atoms with Crippen molar-refractivity contribution < 1.29 is 50.5 Å². The number of anilines is 1. The summed E-state index contributed by atoms with van der Waals surface area (Å²) in [6, 6.07) is 9.41. The Morgan fingerprint density at radius 1 is 1.05 bits per heavy atom. The molecule has 0 spiro atoms. The summed E-state index contributed by atoms with van der Waals surface area (Å²) in [7, 11) is 1.25. The Hall–Kier alpha value is -4.88. The van der Waals surface area contributed by atoms with E-state index in [4.69, 9.17) is 18.9 Å². The molecule has 1 aromatic heterocycles. The van der Waals surface area contributed by atoms with Crippen LogP contribution in [0.1, 0.15) is 36.4 Å². The standard InChI is InChI=1S/C30H24F5N3O6/c1-3-42-29-36-21-11-19(31)20(32)12-23(21)38(29)22-6-4-5-18-24(14-44-27(18)22)37(28(40)30(33,34)35)16-7-8-17-15(9-26(39)41-2)13-43-25(17)10-16/h4-8,10-12,15,24H,3,9,13-14H2,1-2H3/t15-,24-/m1/s1. The molecule has 2 aliphatic heterocycles.